The van der Waals surface area contributed by atoms with Crippen molar-refractivity contribution in [2.24, 2.45) is 5.92 Å². The van der Waals surface area contributed by atoms with Gasteiger partial charge in [0.25, 0.3) is 0 Å². The number of benzene rings is 2. The Bertz CT molecular complexity index is 747. The van der Waals surface area contributed by atoms with Crippen LogP contribution in [0.15, 0.2) is 60.7 Å². The molecule has 28 heavy (non-hydrogen) atoms. The van der Waals surface area contributed by atoms with Gasteiger partial charge in [-0.05, 0) is 57.6 Å². The minimum atomic E-state index is -0.444. The van der Waals surface area contributed by atoms with Gasteiger partial charge >= 0.3 is 5.97 Å². The number of esters is 1. The summed E-state index contributed by atoms with van der Waals surface area (Å²) in [5.41, 5.74) is 2.12. The highest BCUT2D eigenvalue weighted by atomic mass is 16.6. The zero-order valence-corrected chi connectivity index (χ0v) is 17.6. The molecule has 0 bridgehead atoms. The molecule has 3 rings (SSSR count). The topological polar surface area (TPSA) is 29.5 Å². The molecule has 0 amide bonds. The molecule has 0 N–H and O–H groups in total. The molecule has 150 valence electrons. The molecule has 3 nitrogen and oxygen atoms in total. The zero-order valence-electron chi connectivity index (χ0n) is 17.6. The molecule has 1 aliphatic rings. The Kier molecular flexibility index (Phi) is 6.56. The average molecular weight is 380 g/mol. The average Bonchev–Trinajstić information content (AvgIpc) is 3.49. The molecule has 2 aromatic carbocycles. The van der Waals surface area contributed by atoms with Gasteiger partial charge in [-0.25, -0.2) is 0 Å². The zero-order chi connectivity index (χ0) is 20.1. The smallest absolute Gasteiger partial charge is 0.307 e. The lowest BCUT2D eigenvalue weighted by molar-refractivity contribution is -0.156. The van der Waals surface area contributed by atoms with Gasteiger partial charge in [0, 0.05) is 18.6 Å². The van der Waals surface area contributed by atoms with Gasteiger partial charge < -0.3 is 4.74 Å². The molecule has 0 spiro atoms. The van der Waals surface area contributed by atoms with Crippen molar-refractivity contribution < 1.29 is 9.53 Å². The van der Waals surface area contributed by atoms with Crippen LogP contribution in [0.25, 0.3) is 0 Å². The van der Waals surface area contributed by atoms with Crippen LogP contribution < -0.4 is 0 Å². The number of carbonyl (C=O) groups excluding carboxylic acids is 1. The summed E-state index contributed by atoms with van der Waals surface area (Å²) < 4.78 is 5.67. The summed E-state index contributed by atoms with van der Waals surface area (Å²) in [5, 5.41) is 0. The highest BCUT2D eigenvalue weighted by molar-refractivity contribution is 5.70. The van der Waals surface area contributed by atoms with E-state index in [4.69, 9.17) is 4.74 Å². The van der Waals surface area contributed by atoms with Crippen LogP contribution in [0.1, 0.15) is 64.1 Å². The first-order valence-electron chi connectivity index (χ1n) is 10.4. The number of nitrogens with zero attached hydrogens (tertiary/aromatic N) is 1. The Balaban J connectivity index is 1.85. The van der Waals surface area contributed by atoms with Crippen LogP contribution in [-0.2, 0) is 16.1 Å². The van der Waals surface area contributed by atoms with Crippen molar-refractivity contribution in [1.82, 2.24) is 4.90 Å². The Morgan fingerprint density at radius 1 is 1.04 bits per heavy atom. The van der Waals surface area contributed by atoms with Gasteiger partial charge in [0.1, 0.15) is 5.60 Å². The van der Waals surface area contributed by atoms with Gasteiger partial charge in [0.2, 0.25) is 0 Å². The molecular formula is C25H33NO2. The van der Waals surface area contributed by atoms with Crippen molar-refractivity contribution >= 4 is 5.97 Å². The van der Waals surface area contributed by atoms with E-state index in [1.807, 2.05) is 26.8 Å². The van der Waals surface area contributed by atoms with E-state index in [1.54, 1.807) is 0 Å². The predicted octanol–water partition coefficient (Wildman–Crippen LogP) is 5.76. The van der Waals surface area contributed by atoms with E-state index in [2.05, 4.69) is 66.4 Å². The van der Waals surface area contributed by atoms with Crippen LogP contribution in [0.3, 0.4) is 0 Å². The SMILES string of the molecule is C[C@@H](c1ccccc1)N(Cc1ccccc1)[C@H](CC(=O)OC(C)(C)C)C1CC1. The molecule has 2 atom stereocenters. The summed E-state index contributed by atoms with van der Waals surface area (Å²) in [7, 11) is 0. The standard InChI is InChI=1S/C25H33NO2/c1-19(21-13-9-6-10-14-21)26(18-20-11-7-5-8-12-20)23(22-15-16-22)17-24(27)28-25(2,3)4/h5-14,19,22-23H,15-18H2,1-4H3/t19-,23+/m0/s1. The molecule has 1 aliphatic carbocycles. The molecular weight excluding hydrogens is 346 g/mol. The lowest BCUT2D eigenvalue weighted by atomic mass is 9.99. The third-order valence-electron chi connectivity index (χ3n) is 5.38. The molecule has 0 heterocycles. The largest absolute Gasteiger partial charge is 0.460 e. The number of carbonyl (C=O) groups is 1. The molecule has 1 fully saturated rings. The van der Waals surface area contributed by atoms with E-state index in [-0.39, 0.29) is 18.1 Å². The second-order valence-corrected chi connectivity index (χ2v) is 8.94. The van der Waals surface area contributed by atoms with Gasteiger partial charge in [-0.3, -0.25) is 9.69 Å². The first-order valence-corrected chi connectivity index (χ1v) is 10.4. The Morgan fingerprint density at radius 2 is 1.61 bits per heavy atom. The van der Waals surface area contributed by atoms with Crippen LogP contribution in [-0.4, -0.2) is 22.5 Å². The van der Waals surface area contributed by atoms with Crippen molar-refractivity contribution in [3.63, 3.8) is 0 Å². The monoisotopic (exact) mass is 379 g/mol. The fraction of sp³-hybridized carbons (Fsp3) is 0.480. The molecule has 2 aromatic rings. The summed E-state index contributed by atoms with van der Waals surface area (Å²) in [6.07, 6.45) is 2.84. The van der Waals surface area contributed by atoms with Crippen LogP contribution in [0, 0.1) is 5.92 Å². The van der Waals surface area contributed by atoms with Crippen molar-refractivity contribution in [2.75, 3.05) is 0 Å². The second kappa shape index (κ2) is 8.91. The number of hydrogen-bond acceptors (Lipinski definition) is 3. The van der Waals surface area contributed by atoms with Crippen LogP contribution in [0.4, 0.5) is 0 Å². The van der Waals surface area contributed by atoms with Crippen LogP contribution in [0.2, 0.25) is 0 Å². The number of rotatable bonds is 8. The highest BCUT2D eigenvalue weighted by Gasteiger charge is 2.39. The van der Waals surface area contributed by atoms with Crippen molar-refractivity contribution in [3.8, 4) is 0 Å². The maximum atomic E-state index is 12.7. The number of ether oxygens (including phenoxy) is 1. The van der Waals surface area contributed by atoms with E-state index in [0.717, 1.165) is 6.54 Å². The lowest BCUT2D eigenvalue weighted by Gasteiger charge is -2.37. The van der Waals surface area contributed by atoms with Gasteiger partial charge in [-0.15, -0.1) is 0 Å². The molecule has 0 unspecified atom stereocenters. The van der Waals surface area contributed by atoms with Gasteiger partial charge in [0.05, 0.1) is 6.42 Å². The first-order chi connectivity index (χ1) is 13.3. The van der Waals surface area contributed by atoms with E-state index in [9.17, 15) is 4.79 Å². The van der Waals surface area contributed by atoms with E-state index in [1.165, 1.54) is 24.0 Å². The van der Waals surface area contributed by atoms with Crippen molar-refractivity contribution in [2.45, 2.75) is 71.2 Å². The summed E-state index contributed by atoms with van der Waals surface area (Å²) in [6, 6.07) is 21.6. The molecule has 0 aromatic heterocycles. The molecule has 3 heteroatoms. The minimum absolute atomic E-state index is 0.0947. The molecule has 0 radical (unpaired) electrons. The Hall–Kier alpha value is -2.13. The maximum absolute atomic E-state index is 12.7. The van der Waals surface area contributed by atoms with E-state index < -0.39 is 5.60 Å². The van der Waals surface area contributed by atoms with Crippen LogP contribution >= 0.6 is 0 Å². The Labute approximate surface area is 169 Å². The van der Waals surface area contributed by atoms with E-state index in [0.29, 0.717) is 12.3 Å². The molecule has 1 saturated carbocycles. The first kappa shape index (κ1) is 20.6. The summed E-state index contributed by atoms with van der Waals surface area (Å²) in [6.45, 7) is 8.89. The van der Waals surface area contributed by atoms with Crippen molar-refractivity contribution in [1.29, 1.82) is 0 Å². The fourth-order valence-corrected chi connectivity index (χ4v) is 3.85. The highest BCUT2D eigenvalue weighted by Crippen LogP contribution is 2.41. The summed E-state index contributed by atoms with van der Waals surface area (Å²) in [4.78, 5) is 15.2. The second-order valence-electron chi connectivity index (χ2n) is 8.94. The number of hydrogen-bond donors (Lipinski definition) is 0. The molecule has 0 saturated heterocycles. The van der Waals surface area contributed by atoms with Crippen LogP contribution in [0.5, 0.6) is 0 Å². The van der Waals surface area contributed by atoms with Gasteiger partial charge in [-0.2, -0.15) is 0 Å². The minimum Gasteiger partial charge on any atom is -0.460 e. The quantitative estimate of drug-likeness (QED) is 0.546. The van der Waals surface area contributed by atoms with Gasteiger partial charge in [0.15, 0.2) is 0 Å². The molecule has 0 aliphatic heterocycles. The third-order valence-corrected chi connectivity index (χ3v) is 5.38. The normalized spacial score (nSPS) is 16.6. The Morgan fingerprint density at radius 3 is 2.14 bits per heavy atom. The van der Waals surface area contributed by atoms with Crippen molar-refractivity contribution in [3.05, 3.63) is 71.8 Å². The predicted molar refractivity (Wildman–Crippen MR) is 114 cm³/mol. The summed E-state index contributed by atoms with van der Waals surface area (Å²) >= 11 is 0. The summed E-state index contributed by atoms with van der Waals surface area (Å²) in [5.74, 6) is 0.477. The van der Waals surface area contributed by atoms with Gasteiger partial charge in [-0.1, -0.05) is 60.7 Å². The lowest BCUT2D eigenvalue weighted by Crippen LogP contribution is -2.41. The van der Waals surface area contributed by atoms with E-state index >= 15 is 0 Å². The third kappa shape index (κ3) is 5.93. The fourth-order valence-electron chi connectivity index (χ4n) is 3.85. The maximum Gasteiger partial charge on any atom is 0.307 e.